The standard InChI is InChI=1S/C15H28N2O2/c1-17(13-7-5-12(16)6-8-13)15(18)10-9-14-4-2-3-11-19-14/h12-14H,2-11,16H2,1H3. The molecule has 1 unspecified atom stereocenters. The minimum atomic E-state index is 0.273. The van der Waals surface area contributed by atoms with Crippen molar-refractivity contribution in [2.75, 3.05) is 13.7 Å². The third-order valence-corrected chi connectivity index (χ3v) is 4.64. The smallest absolute Gasteiger partial charge is 0.222 e. The van der Waals surface area contributed by atoms with Crippen LogP contribution in [0.1, 0.15) is 57.8 Å². The van der Waals surface area contributed by atoms with Crippen molar-refractivity contribution in [2.24, 2.45) is 5.73 Å². The van der Waals surface area contributed by atoms with Gasteiger partial charge in [-0.2, -0.15) is 0 Å². The molecule has 2 rings (SSSR count). The lowest BCUT2D eigenvalue weighted by atomic mass is 9.91. The highest BCUT2D eigenvalue weighted by Crippen LogP contribution is 2.23. The fraction of sp³-hybridized carbons (Fsp3) is 0.933. The van der Waals surface area contributed by atoms with Crippen molar-refractivity contribution in [3.63, 3.8) is 0 Å². The summed E-state index contributed by atoms with van der Waals surface area (Å²) in [5, 5.41) is 0. The topological polar surface area (TPSA) is 55.6 Å². The second-order valence-electron chi connectivity index (χ2n) is 6.10. The summed E-state index contributed by atoms with van der Waals surface area (Å²) in [6, 6.07) is 0.745. The van der Waals surface area contributed by atoms with E-state index in [1.165, 1.54) is 12.8 Å². The van der Waals surface area contributed by atoms with E-state index in [0.29, 0.717) is 24.6 Å². The first-order valence-corrected chi connectivity index (χ1v) is 7.79. The average Bonchev–Trinajstić information content (AvgIpc) is 2.46. The highest BCUT2D eigenvalue weighted by atomic mass is 16.5. The molecule has 2 fully saturated rings. The van der Waals surface area contributed by atoms with Crippen LogP contribution >= 0.6 is 0 Å². The molecule has 1 heterocycles. The number of amides is 1. The van der Waals surface area contributed by atoms with E-state index in [-0.39, 0.29) is 5.91 Å². The quantitative estimate of drug-likeness (QED) is 0.849. The van der Waals surface area contributed by atoms with E-state index < -0.39 is 0 Å². The second kappa shape index (κ2) is 7.25. The fourth-order valence-corrected chi connectivity index (χ4v) is 3.19. The summed E-state index contributed by atoms with van der Waals surface area (Å²) in [4.78, 5) is 14.2. The summed E-state index contributed by atoms with van der Waals surface area (Å²) in [5.74, 6) is 0.273. The number of nitrogens with zero attached hydrogens (tertiary/aromatic N) is 1. The number of ether oxygens (including phenoxy) is 1. The number of carbonyl (C=O) groups is 1. The maximum absolute atomic E-state index is 12.2. The van der Waals surface area contributed by atoms with Gasteiger partial charge in [0.2, 0.25) is 5.91 Å². The molecule has 1 aliphatic heterocycles. The molecule has 1 amide bonds. The second-order valence-corrected chi connectivity index (χ2v) is 6.10. The molecule has 110 valence electrons. The molecule has 0 radical (unpaired) electrons. The first kappa shape index (κ1) is 14.8. The Bertz CT molecular complexity index is 282. The summed E-state index contributed by atoms with van der Waals surface area (Å²) in [6.07, 6.45) is 9.58. The summed E-state index contributed by atoms with van der Waals surface area (Å²) >= 11 is 0. The van der Waals surface area contributed by atoms with E-state index in [9.17, 15) is 4.79 Å². The van der Waals surface area contributed by atoms with Gasteiger partial charge in [0.1, 0.15) is 0 Å². The van der Waals surface area contributed by atoms with Gasteiger partial charge in [-0.25, -0.2) is 0 Å². The van der Waals surface area contributed by atoms with Gasteiger partial charge in [0, 0.05) is 32.2 Å². The molecule has 1 atom stereocenters. The van der Waals surface area contributed by atoms with E-state index in [2.05, 4.69) is 0 Å². The first-order valence-electron chi connectivity index (χ1n) is 7.79. The Morgan fingerprint density at radius 3 is 2.58 bits per heavy atom. The first-order chi connectivity index (χ1) is 9.16. The number of rotatable bonds is 4. The molecule has 0 aromatic rings. The maximum Gasteiger partial charge on any atom is 0.222 e. The Morgan fingerprint density at radius 1 is 1.21 bits per heavy atom. The van der Waals surface area contributed by atoms with Gasteiger partial charge in [0.15, 0.2) is 0 Å². The van der Waals surface area contributed by atoms with Crippen LogP contribution in [-0.2, 0) is 9.53 Å². The van der Waals surface area contributed by atoms with E-state index in [1.807, 2.05) is 11.9 Å². The molecule has 2 aliphatic rings. The van der Waals surface area contributed by atoms with E-state index in [4.69, 9.17) is 10.5 Å². The summed E-state index contributed by atoms with van der Waals surface area (Å²) in [6.45, 7) is 0.870. The lowest BCUT2D eigenvalue weighted by Crippen LogP contribution is -2.42. The Hall–Kier alpha value is -0.610. The minimum absolute atomic E-state index is 0.273. The SMILES string of the molecule is CN(C(=O)CCC1CCCCO1)C1CCC(N)CC1. The van der Waals surface area contributed by atoms with Crippen LogP contribution in [-0.4, -0.2) is 42.6 Å². The van der Waals surface area contributed by atoms with Crippen LogP contribution in [0.3, 0.4) is 0 Å². The van der Waals surface area contributed by atoms with Crippen molar-refractivity contribution >= 4 is 5.91 Å². The zero-order chi connectivity index (χ0) is 13.7. The molecule has 4 heteroatoms. The van der Waals surface area contributed by atoms with Gasteiger partial charge in [-0.3, -0.25) is 4.79 Å². The van der Waals surface area contributed by atoms with Gasteiger partial charge in [0.05, 0.1) is 6.10 Å². The largest absolute Gasteiger partial charge is 0.378 e. The van der Waals surface area contributed by atoms with Crippen LogP contribution in [0.2, 0.25) is 0 Å². The van der Waals surface area contributed by atoms with Gasteiger partial charge < -0.3 is 15.4 Å². The van der Waals surface area contributed by atoms with Crippen LogP contribution in [0.4, 0.5) is 0 Å². The fourth-order valence-electron chi connectivity index (χ4n) is 3.19. The summed E-state index contributed by atoms with van der Waals surface area (Å²) in [5.41, 5.74) is 5.91. The van der Waals surface area contributed by atoms with Crippen molar-refractivity contribution in [2.45, 2.75) is 76.0 Å². The Morgan fingerprint density at radius 2 is 1.95 bits per heavy atom. The molecule has 0 aromatic carbocycles. The highest BCUT2D eigenvalue weighted by molar-refractivity contribution is 5.76. The van der Waals surface area contributed by atoms with Crippen LogP contribution < -0.4 is 5.73 Å². The van der Waals surface area contributed by atoms with Crippen LogP contribution in [0, 0.1) is 0 Å². The predicted molar refractivity (Wildman–Crippen MR) is 75.8 cm³/mol. The van der Waals surface area contributed by atoms with Crippen molar-refractivity contribution in [1.29, 1.82) is 0 Å². The molecule has 4 nitrogen and oxygen atoms in total. The van der Waals surface area contributed by atoms with Gasteiger partial charge in [0.25, 0.3) is 0 Å². The number of nitrogens with two attached hydrogens (primary N) is 1. The Balaban J connectivity index is 1.69. The number of hydrogen-bond donors (Lipinski definition) is 1. The van der Waals surface area contributed by atoms with E-state index >= 15 is 0 Å². The molecule has 1 saturated heterocycles. The zero-order valence-electron chi connectivity index (χ0n) is 12.1. The van der Waals surface area contributed by atoms with Crippen molar-refractivity contribution in [3.8, 4) is 0 Å². The summed E-state index contributed by atoms with van der Waals surface area (Å²) < 4.78 is 5.68. The monoisotopic (exact) mass is 268 g/mol. The van der Waals surface area contributed by atoms with Gasteiger partial charge in [-0.15, -0.1) is 0 Å². The third kappa shape index (κ3) is 4.46. The molecule has 2 N–H and O–H groups in total. The predicted octanol–water partition coefficient (Wildman–Crippen LogP) is 2.06. The average molecular weight is 268 g/mol. The van der Waals surface area contributed by atoms with Gasteiger partial charge >= 0.3 is 0 Å². The minimum Gasteiger partial charge on any atom is -0.378 e. The molecular formula is C15H28N2O2. The normalized spacial score (nSPS) is 32.0. The Labute approximate surface area is 116 Å². The Kier molecular flexibility index (Phi) is 5.64. The molecule has 1 aliphatic carbocycles. The van der Waals surface area contributed by atoms with Crippen LogP contribution in [0.15, 0.2) is 0 Å². The van der Waals surface area contributed by atoms with Crippen LogP contribution in [0.5, 0.6) is 0 Å². The third-order valence-electron chi connectivity index (χ3n) is 4.64. The molecule has 1 saturated carbocycles. The number of hydrogen-bond acceptors (Lipinski definition) is 3. The van der Waals surface area contributed by atoms with Gasteiger partial charge in [-0.1, -0.05) is 0 Å². The van der Waals surface area contributed by atoms with Gasteiger partial charge in [-0.05, 0) is 51.4 Å². The molecule has 0 aromatic heterocycles. The molecule has 0 bridgehead atoms. The molecular weight excluding hydrogens is 240 g/mol. The van der Waals surface area contributed by atoms with E-state index in [1.54, 1.807) is 0 Å². The summed E-state index contributed by atoms with van der Waals surface area (Å²) in [7, 11) is 1.95. The highest BCUT2D eigenvalue weighted by Gasteiger charge is 2.25. The maximum atomic E-state index is 12.2. The lowest BCUT2D eigenvalue weighted by molar-refractivity contribution is -0.133. The molecule has 0 spiro atoms. The number of carbonyl (C=O) groups excluding carboxylic acids is 1. The van der Waals surface area contributed by atoms with Crippen molar-refractivity contribution < 1.29 is 9.53 Å². The molecule has 19 heavy (non-hydrogen) atoms. The van der Waals surface area contributed by atoms with Crippen LogP contribution in [0.25, 0.3) is 0 Å². The van der Waals surface area contributed by atoms with Crippen molar-refractivity contribution in [3.05, 3.63) is 0 Å². The zero-order valence-corrected chi connectivity index (χ0v) is 12.1. The van der Waals surface area contributed by atoms with Crippen molar-refractivity contribution in [1.82, 2.24) is 4.90 Å². The lowest BCUT2D eigenvalue weighted by Gasteiger charge is -2.34. The van der Waals surface area contributed by atoms with E-state index in [0.717, 1.165) is 45.1 Å².